The minimum Gasteiger partial charge on any atom is -0.399 e. The van der Waals surface area contributed by atoms with Gasteiger partial charge in [-0.2, -0.15) is 0 Å². The van der Waals surface area contributed by atoms with E-state index >= 15 is 0 Å². The van der Waals surface area contributed by atoms with Gasteiger partial charge >= 0.3 is 6.03 Å². The van der Waals surface area contributed by atoms with Gasteiger partial charge in [-0.15, -0.1) is 0 Å². The van der Waals surface area contributed by atoms with E-state index in [1.54, 1.807) is 0 Å². The lowest BCUT2D eigenvalue weighted by molar-refractivity contribution is 0.151. The van der Waals surface area contributed by atoms with Gasteiger partial charge in [0.1, 0.15) is 0 Å². The number of hydrogen-bond acceptors (Lipinski definition) is 2. The zero-order valence-corrected chi connectivity index (χ0v) is 11.1. The van der Waals surface area contributed by atoms with Gasteiger partial charge in [0.05, 0.1) is 6.04 Å². The van der Waals surface area contributed by atoms with Gasteiger partial charge in [0.15, 0.2) is 0 Å². The SMILES string of the molecule is Nc1cccc(C2CCCCN2C(=O)NC2CC2)c1. The number of nitrogens with zero attached hydrogens (tertiary/aromatic N) is 1. The molecule has 0 bridgehead atoms. The lowest BCUT2D eigenvalue weighted by atomic mass is 9.95. The fraction of sp³-hybridized carbons (Fsp3) is 0.533. The molecule has 1 aromatic rings. The summed E-state index contributed by atoms with van der Waals surface area (Å²) in [5, 5.41) is 3.09. The first-order valence-corrected chi connectivity index (χ1v) is 7.16. The number of piperidine rings is 1. The monoisotopic (exact) mass is 259 g/mol. The Bertz CT molecular complexity index is 470. The Hall–Kier alpha value is -1.71. The number of nitrogens with one attached hydrogen (secondary N) is 1. The minimum atomic E-state index is 0.0922. The highest BCUT2D eigenvalue weighted by Crippen LogP contribution is 2.32. The summed E-state index contributed by atoms with van der Waals surface area (Å²) in [6.45, 7) is 0.845. The van der Waals surface area contributed by atoms with E-state index in [0.717, 1.165) is 43.5 Å². The van der Waals surface area contributed by atoms with Crippen molar-refractivity contribution in [3.05, 3.63) is 29.8 Å². The Kier molecular flexibility index (Phi) is 3.32. The van der Waals surface area contributed by atoms with Crippen molar-refractivity contribution < 1.29 is 4.79 Å². The maximum Gasteiger partial charge on any atom is 0.318 e. The van der Waals surface area contributed by atoms with Crippen molar-refractivity contribution in [1.29, 1.82) is 0 Å². The van der Waals surface area contributed by atoms with E-state index in [4.69, 9.17) is 5.73 Å². The molecule has 102 valence electrons. The Morgan fingerprint density at radius 3 is 2.84 bits per heavy atom. The molecule has 2 fully saturated rings. The molecule has 1 unspecified atom stereocenters. The first kappa shape index (κ1) is 12.3. The number of nitrogen functional groups attached to an aromatic ring is 1. The summed E-state index contributed by atoms with van der Waals surface area (Å²) >= 11 is 0. The fourth-order valence-electron chi connectivity index (χ4n) is 2.77. The van der Waals surface area contributed by atoms with Crippen LogP contribution in [0, 0.1) is 0 Å². The molecule has 2 aliphatic rings. The minimum absolute atomic E-state index is 0.0922. The van der Waals surface area contributed by atoms with E-state index in [1.807, 2.05) is 23.1 Å². The number of benzene rings is 1. The highest BCUT2D eigenvalue weighted by atomic mass is 16.2. The maximum atomic E-state index is 12.3. The summed E-state index contributed by atoms with van der Waals surface area (Å²) in [5.41, 5.74) is 7.79. The summed E-state index contributed by atoms with van der Waals surface area (Å²) in [4.78, 5) is 14.3. The predicted molar refractivity (Wildman–Crippen MR) is 75.7 cm³/mol. The number of carbonyl (C=O) groups excluding carboxylic acids is 1. The van der Waals surface area contributed by atoms with Gasteiger partial charge in [0, 0.05) is 18.3 Å². The van der Waals surface area contributed by atoms with E-state index in [1.165, 1.54) is 6.42 Å². The van der Waals surface area contributed by atoms with Crippen molar-refractivity contribution in [2.45, 2.75) is 44.2 Å². The van der Waals surface area contributed by atoms with Crippen molar-refractivity contribution in [3.63, 3.8) is 0 Å². The van der Waals surface area contributed by atoms with Gasteiger partial charge in [-0.25, -0.2) is 4.79 Å². The van der Waals surface area contributed by atoms with Crippen molar-refractivity contribution in [3.8, 4) is 0 Å². The molecule has 2 amide bonds. The van der Waals surface area contributed by atoms with E-state index < -0.39 is 0 Å². The molecular weight excluding hydrogens is 238 g/mol. The van der Waals surface area contributed by atoms with E-state index in [2.05, 4.69) is 11.4 Å². The van der Waals surface area contributed by atoms with Gasteiger partial charge in [-0.3, -0.25) is 0 Å². The van der Waals surface area contributed by atoms with Gasteiger partial charge in [-0.05, 0) is 49.8 Å². The summed E-state index contributed by atoms with van der Waals surface area (Å²) in [5.74, 6) is 0. The van der Waals surface area contributed by atoms with Crippen LogP contribution in [0.1, 0.15) is 43.7 Å². The molecule has 3 rings (SSSR count). The van der Waals surface area contributed by atoms with Crippen LogP contribution in [0.2, 0.25) is 0 Å². The molecule has 1 aliphatic carbocycles. The number of hydrogen-bond donors (Lipinski definition) is 2. The van der Waals surface area contributed by atoms with Crippen LogP contribution in [0.3, 0.4) is 0 Å². The van der Waals surface area contributed by atoms with E-state index in [9.17, 15) is 4.79 Å². The maximum absolute atomic E-state index is 12.3. The van der Waals surface area contributed by atoms with Gasteiger partial charge in [0.25, 0.3) is 0 Å². The van der Waals surface area contributed by atoms with Gasteiger partial charge in [-0.1, -0.05) is 12.1 Å². The second kappa shape index (κ2) is 5.11. The predicted octanol–water partition coefficient (Wildman–Crippen LogP) is 2.67. The second-order valence-corrected chi connectivity index (χ2v) is 5.60. The number of carbonyl (C=O) groups is 1. The lowest BCUT2D eigenvalue weighted by Crippen LogP contribution is -2.45. The molecule has 1 saturated heterocycles. The topological polar surface area (TPSA) is 58.4 Å². The van der Waals surface area contributed by atoms with Gasteiger partial charge < -0.3 is 16.0 Å². The van der Waals surface area contributed by atoms with E-state index in [-0.39, 0.29) is 12.1 Å². The number of nitrogens with two attached hydrogens (primary N) is 1. The third-order valence-corrected chi connectivity index (χ3v) is 3.96. The smallest absolute Gasteiger partial charge is 0.318 e. The molecule has 0 aromatic heterocycles. The molecule has 1 aliphatic heterocycles. The molecule has 1 saturated carbocycles. The molecule has 1 atom stereocenters. The zero-order valence-electron chi connectivity index (χ0n) is 11.1. The summed E-state index contributed by atoms with van der Waals surface area (Å²) in [6.07, 6.45) is 5.55. The number of anilines is 1. The van der Waals surface area contributed by atoms with Crippen LogP contribution in [0.5, 0.6) is 0 Å². The average molecular weight is 259 g/mol. The highest BCUT2D eigenvalue weighted by molar-refractivity contribution is 5.75. The first-order valence-electron chi connectivity index (χ1n) is 7.16. The molecule has 4 nitrogen and oxygen atoms in total. The Morgan fingerprint density at radius 2 is 2.11 bits per heavy atom. The van der Waals surface area contributed by atoms with Gasteiger partial charge in [0.2, 0.25) is 0 Å². The normalized spacial score (nSPS) is 23.2. The Labute approximate surface area is 114 Å². The number of amides is 2. The van der Waals surface area contributed by atoms with Crippen LogP contribution in [-0.4, -0.2) is 23.5 Å². The van der Waals surface area contributed by atoms with E-state index in [0.29, 0.717) is 6.04 Å². The van der Waals surface area contributed by atoms with Crippen LogP contribution in [0.25, 0.3) is 0 Å². The summed E-state index contributed by atoms with van der Waals surface area (Å²) in [7, 11) is 0. The van der Waals surface area contributed by atoms with Crippen LogP contribution in [-0.2, 0) is 0 Å². The van der Waals surface area contributed by atoms with Crippen LogP contribution >= 0.6 is 0 Å². The van der Waals surface area contributed by atoms with Crippen molar-refractivity contribution in [1.82, 2.24) is 10.2 Å². The molecular formula is C15H21N3O. The fourth-order valence-corrected chi connectivity index (χ4v) is 2.77. The number of rotatable bonds is 2. The van der Waals surface area contributed by atoms with Crippen LogP contribution in [0.4, 0.5) is 10.5 Å². The average Bonchev–Trinajstić information content (AvgIpc) is 3.23. The zero-order chi connectivity index (χ0) is 13.2. The first-order chi connectivity index (χ1) is 9.24. The van der Waals surface area contributed by atoms with Crippen molar-refractivity contribution >= 4 is 11.7 Å². The molecule has 1 heterocycles. The standard InChI is InChI=1S/C15H21N3O/c16-12-5-3-4-11(10-12)14-6-1-2-9-18(14)15(19)17-13-7-8-13/h3-5,10,13-14H,1-2,6-9,16H2,(H,17,19). The third kappa shape index (κ3) is 2.83. The number of urea groups is 1. The lowest BCUT2D eigenvalue weighted by Gasteiger charge is -2.36. The largest absolute Gasteiger partial charge is 0.399 e. The summed E-state index contributed by atoms with van der Waals surface area (Å²) in [6, 6.07) is 8.61. The molecule has 0 spiro atoms. The van der Waals surface area contributed by atoms with Crippen LogP contribution < -0.4 is 11.1 Å². The quantitative estimate of drug-likeness (QED) is 0.802. The Balaban J connectivity index is 1.77. The molecule has 19 heavy (non-hydrogen) atoms. The van der Waals surface area contributed by atoms with Crippen molar-refractivity contribution in [2.75, 3.05) is 12.3 Å². The van der Waals surface area contributed by atoms with Crippen molar-refractivity contribution in [2.24, 2.45) is 0 Å². The second-order valence-electron chi connectivity index (χ2n) is 5.60. The summed E-state index contributed by atoms with van der Waals surface area (Å²) < 4.78 is 0. The van der Waals surface area contributed by atoms with Crippen LogP contribution in [0.15, 0.2) is 24.3 Å². The molecule has 3 N–H and O–H groups in total. The third-order valence-electron chi connectivity index (χ3n) is 3.96. The molecule has 0 radical (unpaired) electrons. The highest BCUT2D eigenvalue weighted by Gasteiger charge is 2.31. The molecule has 4 heteroatoms. The number of likely N-dealkylation sites (tertiary alicyclic amines) is 1. The Morgan fingerprint density at radius 1 is 1.26 bits per heavy atom. The molecule has 1 aromatic carbocycles.